The zero-order chi connectivity index (χ0) is 29.0. The summed E-state index contributed by atoms with van der Waals surface area (Å²) in [6.07, 6.45) is -1.49. The Hall–Kier alpha value is -2.66. The number of pyridine rings is 1. The number of anilines is 1. The molecule has 12 heteroatoms. The number of carbonyl (C=O) groups excluding carboxylic acids is 2. The molecule has 0 spiro atoms. The third-order valence-electron chi connectivity index (χ3n) is 7.38. The number of hydrogen-bond donors (Lipinski definition) is 0. The van der Waals surface area contributed by atoms with Crippen molar-refractivity contribution in [2.24, 2.45) is 0 Å². The first-order valence-electron chi connectivity index (χ1n) is 13.3. The lowest BCUT2D eigenvalue weighted by molar-refractivity contribution is -0.172. The molecule has 218 valence electrons. The molecule has 0 saturated carbocycles. The third-order valence-corrected chi connectivity index (χ3v) is 9.38. The van der Waals surface area contributed by atoms with Crippen molar-refractivity contribution >= 4 is 41.0 Å². The minimum Gasteiger partial charge on any atom is -0.497 e. The Balaban J connectivity index is 1.28. The predicted molar refractivity (Wildman–Crippen MR) is 151 cm³/mol. The summed E-state index contributed by atoms with van der Waals surface area (Å²) in [5.41, 5.74) is 0.269. The van der Waals surface area contributed by atoms with Gasteiger partial charge in [0.25, 0.3) is 5.91 Å². The quantitative estimate of drug-likeness (QED) is 0.393. The smallest absolute Gasteiger partial charge is 0.404 e. The molecule has 2 aliphatic rings. The minimum absolute atomic E-state index is 0.102. The Bertz CT molecular complexity index is 1200. The molecular weight excluding hydrogens is 565 g/mol. The number of piperidine rings is 2. The Kier molecular flexibility index (Phi) is 9.76. The summed E-state index contributed by atoms with van der Waals surface area (Å²) in [7, 11) is 4.71. The maximum absolute atomic E-state index is 14.0. The number of aromatic nitrogens is 1. The van der Waals surface area contributed by atoms with Crippen LogP contribution >= 0.6 is 23.4 Å². The van der Waals surface area contributed by atoms with Crippen LogP contribution in [-0.4, -0.2) is 90.7 Å². The highest BCUT2D eigenvalue weighted by atomic mass is 35.5. The van der Waals surface area contributed by atoms with Crippen LogP contribution < -0.4 is 9.64 Å². The molecule has 0 aliphatic carbocycles. The number of hydrogen-bond acceptors (Lipinski definition) is 6. The van der Waals surface area contributed by atoms with Crippen LogP contribution in [0.2, 0.25) is 5.15 Å². The number of ether oxygens (including phenoxy) is 1. The molecule has 2 aliphatic heterocycles. The molecule has 1 aromatic carbocycles. The third kappa shape index (κ3) is 7.15. The number of thioether (sulfide) groups is 1. The number of likely N-dealkylation sites (tertiary alicyclic amines) is 1. The topological polar surface area (TPSA) is 66.0 Å². The normalized spacial score (nSPS) is 18.0. The van der Waals surface area contributed by atoms with Gasteiger partial charge in [-0.05, 0) is 55.5 Å². The Morgan fingerprint density at radius 3 is 2.23 bits per heavy atom. The van der Waals surface area contributed by atoms with E-state index in [1.54, 1.807) is 26.2 Å². The van der Waals surface area contributed by atoms with Crippen molar-refractivity contribution in [3.63, 3.8) is 0 Å². The van der Waals surface area contributed by atoms with Gasteiger partial charge >= 0.3 is 6.18 Å². The summed E-state index contributed by atoms with van der Waals surface area (Å²) in [6.45, 7) is 2.22. The van der Waals surface area contributed by atoms with Gasteiger partial charge in [-0.15, -0.1) is 0 Å². The van der Waals surface area contributed by atoms with E-state index in [1.165, 1.54) is 35.1 Å². The van der Waals surface area contributed by atoms with Crippen molar-refractivity contribution < 1.29 is 27.5 Å². The van der Waals surface area contributed by atoms with Gasteiger partial charge in [-0.3, -0.25) is 9.59 Å². The summed E-state index contributed by atoms with van der Waals surface area (Å²) in [5.74, 6) is -2.27. The molecule has 0 N–H and O–H groups in total. The highest BCUT2D eigenvalue weighted by molar-refractivity contribution is 8.00. The van der Waals surface area contributed by atoms with Gasteiger partial charge in [-0.1, -0.05) is 23.7 Å². The maximum Gasteiger partial charge on any atom is 0.404 e. The summed E-state index contributed by atoms with van der Waals surface area (Å²) >= 11 is 8.17. The molecule has 3 heterocycles. The van der Waals surface area contributed by atoms with Crippen molar-refractivity contribution in [3.8, 4) is 5.75 Å². The van der Waals surface area contributed by atoms with E-state index in [4.69, 9.17) is 16.3 Å². The number of methoxy groups -OCH3 is 1. The lowest BCUT2D eigenvalue weighted by Crippen LogP contribution is -2.45. The van der Waals surface area contributed by atoms with Crippen LogP contribution in [0.3, 0.4) is 0 Å². The summed E-state index contributed by atoms with van der Waals surface area (Å²) in [5, 5.41) is 0.909. The van der Waals surface area contributed by atoms with Gasteiger partial charge in [0.2, 0.25) is 5.91 Å². The van der Waals surface area contributed by atoms with Gasteiger partial charge in [-0.25, -0.2) is 4.98 Å². The van der Waals surface area contributed by atoms with Crippen molar-refractivity contribution in [3.05, 3.63) is 52.7 Å². The molecule has 2 amide bonds. The van der Waals surface area contributed by atoms with Crippen molar-refractivity contribution in [2.75, 3.05) is 52.3 Å². The predicted octanol–water partition coefficient (Wildman–Crippen LogP) is 5.48. The minimum atomic E-state index is -4.69. The standard InChI is InChI=1S/C28H34ClF3N4O3S/c1-34(2)26(37)22-7-8-23(33-25(22)29)35-13-9-20(10-14-35)40-21-11-15-36(16-12-21)27(38)24(28(30,31)32)18-5-4-6-19(17-18)39-3/h4-8,17,20-21,24H,9-16H2,1-3H3/t24-/m0/s1. The second kappa shape index (κ2) is 12.9. The lowest BCUT2D eigenvalue weighted by Gasteiger charge is -2.38. The van der Waals surface area contributed by atoms with Gasteiger partial charge in [0.1, 0.15) is 16.7 Å². The molecule has 4 rings (SSSR count). The van der Waals surface area contributed by atoms with E-state index >= 15 is 0 Å². The lowest BCUT2D eigenvalue weighted by atomic mass is 9.95. The fourth-order valence-electron chi connectivity index (χ4n) is 5.18. The fourth-order valence-corrected chi connectivity index (χ4v) is 6.92. The summed E-state index contributed by atoms with van der Waals surface area (Å²) in [6, 6.07) is 9.18. The number of benzene rings is 1. The van der Waals surface area contributed by atoms with E-state index < -0.39 is 18.0 Å². The van der Waals surface area contributed by atoms with Gasteiger partial charge in [0, 0.05) is 50.8 Å². The number of nitrogens with zero attached hydrogens (tertiary/aromatic N) is 4. The first-order valence-corrected chi connectivity index (χ1v) is 14.6. The molecule has 2 aromatic rings. The summed E-state index contributed by atoms with van der Waals surface area (Å²) in [4.78, 5) is 34.7. The second-order valence-electron chi connectivity index (χ2n) is 10.3. The van der Waals surface area contributed by atoms with Gasteiger partial charge < -0.3 is 19.4 Å². The Labute approximate surface area is 242 Å². The largest absolute Gasteiger partial charge is 0.497 e. The molecule has 2 fully saturated rings. The molecule has 2 saturated heterocycles. The van der Waals surface area contributed by atoms with Crippen LogP contribution in [0.25, 0.3) is 0 Å². The van der Waals surface area contributed by atoms with E-state index in [-0.39, 0.29) is 22.4 Å². The summed E-state index contributed by atoms with van der Waals surface area (Å²) < 4.78 is 47.0. The Morgan fingerprint density at radius 2 is 1.68 bits per heavy atom. The van der Waals surface area contributed by atoms with E-state index in [0.717, 1.165) is 31.7 Å². The average Bonchev–Trinajstić information content (AvgIpc) is 2.93. The number of alkyl halides is 3. The molecule has 7 nitrogen and oxygen atoms in total. The van der Waals surface area contributed by atoms with Gasteiger partial charge in [-0.2, -0.15) is 24.9 Å². The highest BCUT2D eigenvalue weighted by Crippen LogP contribution is 2.39. The van der Waals surface area contributed by atoms with Crippen LogP contribution in [0.5, 0.6) is 5.75 Å². The molecule has 1 aromatic heterocycles. The number of halogens is 4. The molecule has 1 atom stereocenters. The molecule has 0 unspecified atom stereocenters. The Morgan fingerprint density at radius 1 is 1.05 bits per heavy atom. The maximum atomic E-state index is 14.0. The zero-order valence-corrected chi connectivity index (χ0v) is 24.4. The molecule has 0 radical (unpaired) electrons. The van der Waals surface area contributed by atoms with E-state index in [2.05, 4.69) is 9.88 Å². The SMILES string of the molecule is COc1cccc([C@@H](C(=O)N2CCC(SC3CCN(c4ccc(C(=O)N(C)C)c(Cl)n4)CC3)CC2)C(F)(F)F)c1. The number of carbonyl (C=O) groups is 2. The van der Waals surface area contributed by atoms with E-state index in [0.29, 0.717) is 42.0 Å². The molecule has 0 bridgehead atoms. The van der Waals surface area contributed by atoms with Crippen LogP contribution in [0, 0.1) is 0 Å². The van der Waals surface area contributed by atoms with Crippen LogP contribution in [-0.2, 0) is 4.79 Å². The number of amides is 2. The fraction of sp³-hybridized carbons (Fsp3) is 0.536. The molecular formula is C28H34ClF3N4O3S. The van der Waals surface area contributed by atoms with Crippen LogP contribution in [0.1, 0.15) is 47.5 Å². The first kappa shape index (κ1) is 30.3. The van der Waals surface area contributed by atoms with Crippen LogP contribution in [0.4, 0.5) is 19.0 Å². The average molecular weight is 599 g/mol. The van der Waals surface area contributed by atoms with Crippen molar-refractivity contribution in [1.29, 1.82) is 0 Å². The second-order valence-corrected chi connectivity index (χ2v) is 12.3. The highest BCUT2D eigenvalue weighted by Gasteiger charge is 2.48. The van der Waals surface area contributed by atoms with Crippen molar-refractivity contribution in [1.82, 2.24) is 14.8 Å². The van der Waals surface area contributed by atoms with E-state index in [9.17, 15) is 22.8 Å². The van der Waals surface area contributed by atoms with Crippen molar-refractivity contribution in [2.45, 2.75) is 48.3 Å². The first-order chi connectivity index (χ1) is 19.0. The number of rotatable bonds is 7. The van der Waals surface area contributed by atoms with Gasteiger partial charge in [0.05, 0.1) is 12.7 Å². The van der Waals surface area contributed by atoms with E-state index in [1.807, 2.05) is 17.8 Å². The monoisotopic (exact) mass is 598 g/mol. The van der Waals surface area contributed by atoms with Crippen LogP contribution in [0.15, 0.2) is 36.4 Å². The molecule has 40 heavy (non-hydrogen) atoms. The van der Waals surface area contributed by atoms with Gasteiger partial charge in [0.15, 0.2) is 5.92 Å². The zero-order valence-electron chi connectivity index (χ0n) is 22.8.